The molecule has 2 N–H and O–H groups in total. The van der Waals surface area contributed by atoms with Crippen molar-refractivity contribution in [3.8, 4) is 22.5 Å². The Kier molecular flexibility index (Phi) is 5.77. The Morgan fingerprint density at radius 3 is 2.53 bits per heavy atom. The van der Waals surface area contributed by atoms with Crippen LogP contribution in [0, 0.1) is 6.92 Å². The smallest absolute Gasteiger partial charge is 0.345 e. The maximum Gasteiger partial charge on any atom is 0.408 e. The SMILES string of the molecule is CCn1nc(-c2ccc(-c3cnn(CC(F)(F)F)c3)cc2)nc1Nc1cc2c(cc1C)C(=O)N[C@@H]2C. The number of nitrogens with zero attached hydrogens (tertiary/aromatic N) is 5. The number of alkyl halides is 3. The first-order chi connectivity index (χ1) is 17.1. The van der Waals surface area contributed by atoms with Gasteiger partial charge in [-0.2, -0.15) is 23.3 Å². The summed E-state index contributed by atoms with van der Waals surface area (Å²) in [4.78, 5) is 16.8. The van der Waals surface area contributed by atoms with Crippen LogP contribution in [-0.4, -0.2) is 36.6 Å². The maximum atomic E-state index is 12.6. The molecule has 36 heavy (non-hydrogen) atoms. The summed E-state index contributed by atoms with van der Waals surface area (Å²) in [7, 11) is 0. The zero-order chi connectivity index (χ0) is 25.6. The van der Waals surface area contributed by atoms with Gasteiger partial charge in [-0.05, 0) is 49.6 Å². The quantitative estimate of drug-likeness (QED) is 0.382. The van der Waals surface area contributed by atoms with E-state index in [-0.39, 0.29) is 11.9 Å². The second kappa shape index (κ2) is 8.81. The standard InChI is InChI=1S/C25H24F3N7O/c1-4-35-24(31-21-10-19-15(3)30-23(36)20(19)9-14(21)2)32-22(33-35)17-7-5-16(6-8-17)18-11-29-34(12-18)13-25(26,27)28/h5-12,15H,4,13H2,1-3H3,(H,30,36)(H,31,32,33)/t15-/m1/s1. The van der Waals surface area contributed by atoms with Gasteiger partial charge in [0.25, 0.3) is 5.91 Å². The second-order valence-electron chi connectivity index (χ2n) is 8.77. The molecule has 2 aromatic heterocycles. The Morgan fingerprint density at radius 1 is 1.11 bits per heavy atom. The van der Waals surface area contributed by atoms with Crippen molar-refractivity contribution in [3.63, 3.8) is 0 Å². The van der Waals surface area contributed by atoms with E-state index in [2.05, 4.69) is 25.8 Å². The van der Waals surface area contributed by atoms with Crippen molar-refractivity contribution in [3.05, 3.63) is 65.5 Å². The van der Waals surface area contributed by atoms with Crippen molar-refractivity contribution in [1.29, 1.82) is 0 Å². The molecule has 1 aliphatic heterocycles. The summed E-state index contributed by atoms with van der Waals surface area (Å²) in [5, 5.41) is 14.7. The molecule has 186 valence electrons. The average molecular weight is 496 g/mol. The number of rotatable bonds is 6. The number of halogens is 3. The largest absolute Gasteiger partial charge is 0.408 e. The number of hydrogen-bond donors (Lipinski definition) is 2. The van der Waals surface area contributed by atoms with Crippen LogP contribution in [0.15, 0.2) is 48.8 Å². The van der Waals surface area contributed by atoms with Crippen molar-refractivity contribution in [2.45, 2.75) is 46.1 Å². The predicted molar refractivity (Wildman–Crippen MR) is 129 cm³/mol. The first-order valence-electron chi connectivity index (χ1n) is 11.5. The molecule has 0 saturated carbocycles. The number of carbonyl (C=O) groups is 1. The van der Waals surface area contributed by atoms with Crippen LogP contribution in [0.5, 0.6) is 0 Å². The van der Waals surface area contributed by atoms with Crippen LogP contribution < -0.4 is 10.6 Å². The Morgan fingerprint density at radius 2 is 1.83 bits per heavy atom. The van der Waals surface area contributed by atoms with Crippen LogP contribution in [0.4, 0.5) is 24.8 Å². The van der Waals surface area contributed by atoms with Crippen LogP contribution >= 0.6 is 0 Å². The van der Waals surface area contributed by atoms with Gasteiger partial charge in [0.1, 0.15) is 6.54 Å². The number of nitrogens with one attached hydrogen (secondary N) is 2. The third-order valence-corrected chi connectivity index (χ3v) is 6.12. The molecule has 1 amide bonds. The summed E-state index contributed by atoms with van der Waals surface area (Å²) in [6, 6.07) is 11.0. The molecule has 1 atom stereocenters. The Bertz CT molecular complexity index is 1440. The first-order valence-corrected chi connectivity index (χ1v) is 11.5. The van der Waals surface area contributed by atoms with Crippen LogP contribution in [-0.2, 0) is 13.1 Å². The number of aromatic nitrogens is 5. The van der Waals surface area contributed by atoms with Gasteiger partial charge in [0.2, 0.25) is 5.95 Å². The number of fused-ring (bicyclic) bond motifs is 1. The third kappa shape index (κ3) is 4.56. The lowest BCUT2D eigenvalue weighted by Gasteiger charge is -2.12. The maximum absolute atomic E-state index is 12.6. The lowest BCUT2D eigenvalue weighted by atomic mass is 10.0. The van der Waals surface area contributed by atoms with Crippen LogP contribution in [0.25, 0.3) is 22.5 Å². The van der Waals surface area contributed by atoms with Gasteiger partial charge in [-0.25, -0.2) is 4.68 Å². The van der Waals surface area contributed by atoms with Gasteiger partial charge in [0.05, 0.1) is 12.2 Å². The molecule has 3 heterocycles. The van der Waals surface area contributed by atoms with E-state index in [1.54, 1.807) is 16.8 Å². The predicted octanol–water partition coefficient (Wildman–Crippen LogP) is 5.25. The van der Waals surface area contributed by atoms with Crippen LogP contribution in [0.3, 0.4) is 0 Å². The van der Waals surface area contributed by atoms with E-state index in [1.807, 2.05) is 45.0 Å². The highest BCUT2D eigenvalue weighted by atomic mass is 19.4. The monoisotopic (exact) mass is 495 g/mol. The molecule has 0 radical (unpaired) electrons. The molecule has 0 unspecified atom stereocenters. The molecule has 4 aromatic rings. The molecular weight excluding hydrogens is 471 g/mol. The molecule has 0 spiro atoms. The number of carbonyl (C=O) groups excluding carboxylic acids is 1. The molecule has 2 aromatic carbocycles. The number of benzene rings is 2. The van der Waals surface area contributed by atoms with E-state index in [0.29, 0.717) is 29.4 Å². The van der Waals surface area contributed by atoms with Crippen LogP contribution in [0.2, 0.25) is 0 Å². The van der Waals surface area contributed by atoms with E-state index in [9.17, 15) is 18.0 Å². The minimum atomic E-state index is -4.33. The number of hydrogen-bond acceptors (Lipinski definition) is 5. The molecule has 1 aliphatic rings. The highest BCUT2D eigenvalue weighted by Crippen LogP contribution is 2.32. The first kappa shape index (κ1) is 23.6. The summed E-state index contributed by atoms with van der Waals surface area (Å²) in [5.74, 6) is 1.02. The zero-order valence-electron chi connectivity index (χ0n) is 19.9. The highest BCUT2D eigenvalue weighted by molar-refractivity contribution is 6.00. The van der Waals surface area contributed by atoms with E-state index in [1.165, 1.54) is 12.4 Å². The lowest BCUT2D eigenvalue weighted by molar-refractivity contribution is -0.142. The van der Waals surface area contributed by atoms with E-state index < -0.39 is 12.7 Å². The Balaban J connectivity index is 1.38. The summed E-state index contributed by atoms with van der Waals surface area (Å²) < 4.78 is 40.5. The number of amides is 1. The van der Waals surface area contributed by atoms with E-state index in [0.717, 1.165) is 32.6 Å². The van der Waals surface area contributed by atoms with Gasteiger partial charge in [-0.1, -0.05) is 24.3 Å². The summed E-state index contributed by atoms with van der Waals surface area (Å²) in [6.07, 6.45) is -1.54. The Labute approximate surface area is 205 Å². The second-order valence-corrected chi connectivity index (χ2v) is 8.77. The molecule has 0 saturated heterocycles. The van der Waals surface area contributed by atoms with Gasteiger partial charge in [-0.15, -0.1) is 5.10 Å². The summed E-state index contributed by atoms with van der Waals surface area (Å²) >= 11 is 0. The van der Waals surface area contributed by atoms with Crippen molar-refractivity contribution in [1.82, 2.24) is 29.9 Å². The van der Waals surface area contributed by atoms with Gasteiger partial charge in [0, 0.05) is 35.1 Å². The average Bonchev–Trinajstić information content (AvgIpc) is 3.52. The lowest BCUT2D eigenvalue weighted by Crippen LogP contribution is -2.17. The van der Waals surface area contributed by atoms with Crippen molar-refractivity contribution in [2.75, 3.05) is 5.32 Å². The fourth-order valence-electron chi connectivity index (χ4n) is 4.26. The molecule has 5 rings (SSSR count). The van der Waals surface area contributed by atoms with Crippen LogP contribution in [0.1, 0.15) is 41.4 Å². The number of anilines is 2. The summed E-state index contributed by atoms with van der Waals surface area (Å²) in [6.45, 7) is 5.30. The van der Waals surface area contributed by atoms with E-state index >= 15 is 0 Å². The topological polar surface area (TPSA) is 89.7 Å². The molecule has 11 heteroatoms. The molecular formula is C25H24F3N7O. The van der Waals surface area contributed by atoms with Gasteiger partial charge in [0.15, 0.2) is 5.82 Å². The van der Waals surface area contributed by atoms with Gasteiger partial charge < -0.3 is 10.6 Å². The minimum absolute atomic E-state index is 0.0626. The fraction of sp³-hybridized carbons (Fsp3) is 0.280. The van der Waals surface area contributed by atoms with Crippen molar-refractivity contribution in [2.24, 2.45) is 0 Å². The fourth-order valence-corrected chi connectivity index (χ4v) is 4.26. The molecule has 8 nitrogen and oxygen atoms in total. The molecule has 0 bridgehead atoms. The zero-order valence-corrected chi connectivity index (χ0v) is 19.9. The Hall–Kier alpha value is -4.15. The van der Waals surface area contributed by atoms with Crippen molar-refractivity contribution < 1.29 is 18.0 Å². The summed E-state index contributed by atoms with van der Waals surface area (Å²) in [5.41, 5.74) is 5.49. The molecule has 0 aliphatic carbocycles. The van der Waals surface area contributed by atoms with Gasteiger partial charge >= 0.3 is 6.18 Å². The third-order valence-electron chi connectivity index (χ3n) is 6.12. The van der Waals surface area contributed by atoms with E-state index in [4.69, 9.17) is 0 Å². The number of aryl methyl sites for hydroxylation is 2. The normalized spacial score (nSPS) is 15.2. The van der Waals surface area contributed by atoms with Crippen molar-refractivity contribution >= 4 is 17.5 Å². The highest BCUT2D eigenvalue weighted by Gasteiger charge is 2.28. The van der Waals surface area contributed by atoms with Gasteiger partial charge in [-0.3, -0.25) is 9.48 Å². The molecule has 0 fully saturated rings. The minimum Gasteiger partial charge on any atom is -0.345 e.